The van der Waals surface area contributed by atoms with E-state index < -0.39 is 6.10 Å². The van der Waals surface area contributed by atoms with E-state index in [1.54, 1.807) is 0 Å². The van der Waals surface area contributed by atoms with Gasteiger partial charge in [0.1, 0.15) is 13.2 Å². The second kappa shape index (κ2) is 52.9. The number of carbonyl (C=O) groups excluding carboxylic acids is 3. The average molecular weight is 909 g/mol. The van der Waals surface area contributed by atoms with E-state index in [9.17, 15) is 14.4 Å². The van der Waals surface area contributed by atoms with Crippen LogP contribution in [-0.2, 0) is 28.6 Å². The van der Waals surface area contributed by atoms with Crippen molar-refractivity contribution in [2.24, 2.45) is 0 Å². The summed E-state index contributed by atoms with van der Waals surface area (Å²) in [5.74, 6) is -1.03. The number of unbranched alkanes of at least 4 members (excludes halogenated alkanes) is 18. The predicted octanol–water partition coefficient (Wildman–Crippen LogP) is 17.3. The Morgan fingerprint density at radius 1 is 0.318 bits per heavy atom. The molecule has 0 N–H and O–H groups in total. The van der Waals surface area contributed by atoms with Gasteiger partial charge in [0, 0.05) is 19.3 Å². The van der Waals surface area contributed by atoms with Gasteiger partial charge >= 0.3 is 17.9 Å². The topological polar surface area (TPSA) is 78.9 Å². The largest absolute Gasteiger partial charge is 0.462 e. The van der Waals surface area contributed by atoms with Crippen molar-refractivity contribution in [3.05, 3.63) is 146 Å². The maximum atomic E-state index is 12.8. The molecule has 6 heteroatoms. The molecule has 0 saturated heterocycles. The van der Waals surface area contributed by atoms with Gasteiger partial charge in [0.15, 0.2) is 6.10 Å². The molecule has 66 heavy (non-hydrogen) atoms. The van der Waals surface area contributed by atoms with E-state index >= 15 is 0 Å². The summed E-state index contributed by atoms with van der Waals surface area (Å²) in [5.41, 5.74) is 0. The van der Waals surface area contributed by atoms with E-state index in [1.165, 1.54) is 44.9 Å². The summed E-state index contributed by atoms with van der Waals surface area (Å²) in [6.45, 7) is 6.31. The molecule has 0 bridgehead atoms. The third-order valence-electron chi connectivity index (χ3n) is 10.3. The molecule has 0 aromatic heterocycles. The van der Waals surface area contributed by atoms with Crippen LogP contribution in [0, 0.1) is 0 Å². The van der Waals surface area contributed by atoms with Crippen LogP contribution in [-0.4, -0.2) is 37.2 Å². The molecule has 0 aromatic rings. The lowest BCUT2D eigenvalue weighted by atomic mass is 10.1. The zero-order valence-electron chi connectivity index (χ0n) is 41.9. The molecule has 1 unspecified atom stereocenters. The van der Waals surface area contributed by atoms with Gasteiger partial charge in [-0.2, -0.15) is 0 Å². The molecule has 0 amide bonds. The molecule has 0 aliphatic rings. The van der Waals surface area contributed by atoms with Crippen LogP contribution in [0.25, 0.3) is 0 Å². The second-order valence-corrected chi connectivity index (χ2v) is 16.6. The lowest BCUT2D eigenvalue weighted by Crippen LogP contribution is -2.30. The average Bonchev–Trinajstić information content (AvgIpc) is 3.31. The Morgan fingerprint density at radius 2 is 0.606 bits per heavy atom. The minimum Gasteiger partial charge on any atom is -0.462 e. The zero-order valence-corrected chi connectivity index (χ0v) is 41.9. The summed E-state index contributed by atoms with van der Waals surface area (Å²) in [5, 5.41) is 0. The van der Waals surface area contributed by atoms with Gasteiger partial charge in [0.2, 0.25) is 0 Å². The number of ether oxygens (including phenoxy) is 3. The Labute approximate surface area is 404 Å². The van der Waals surface area contributed by atoms with Gasteiger partial charge in [-0.3, -0.25) is 14.4 Å². The Kier molecular flexibility index (Phi) is 49.1. The number of hydrogen-bond donors (Lipinski definition) is 0. The molecule has 0 heterocycles. The smallest absolute Gasteiger partial charge is 0.306 e. The normalized spacial score (nSPS) is 13.3. The van der Waals surface area contributed by atoms with Crippen molar-refractivity contribution in [1.82, 2.24) is 0 Å². The predicted molar refractivity (Wildman–Crippen MR) is 283 cm³/mol. The first-order valence-electron chi connectivity index (χ1n) is 26.0. The van der Waals surface area contributed by atoms with Crippen molar-refractivity contribution in [1.29, 1.82) is 0 Å². The molecular formula is C60H92O6. The summed E-state index contributed by atoms with van der Waals surface area (Å²) < 4.78 is 16.7. The number of carbonyl (C=O) groups is 3. The van der Waals surface area contributed by atoms with Gasteiger partial charge in [0.05, 0.1) is 0 Å². The Morgan fingerprint density at radius 3 is 1.00 bits per heavy atom. The van der Waals surface area contributed by atoms with Gasteiger partial charge < -0.3 is 14.2 Å². The van der Waals surface area contributed by atoms with Crippen LogP contribution in [0.4, 0.5) is 0 Å². The summed E-state index contributed by atoms with van der Waals surface area (Å²) in [6, 6.07) is 0. The number of allylic oxidation sites excluding steroid dienone is 24. The lowest BCUT2D eigenvalue weighted by molar-refractivity contribution is -0.167. The Bertz CT molecular complexity index is 1510. The van der Waals surface area contributed by atoms with Crippen LogP contribution in [0.3, 0.4) is 0 Å². The Balaban J connectivity index is 4.58. The molecule has 0 aliphatic heterocycles. The molecule has 0 fully saturated rings. The number of rotatable bonds is 44. The molecule has 0 aromatic carbocycles. The van der Waals surface area contributed by atoms with Crippen molar-refractivity contribution in [2.75, 3.05) is 13.2 Å². The minimum atomic E-state index is -0.825. The highest BCUT2D eigenvalue weighted by Crippen LogP contribution is 2.12. The second-order valence-electron chi connectivity index (χ2n) is 16.6. The third kappa shape index (κ3) is 50.3. The van der Waals surface area contributed by atoms with Crippen LogP contribution < -0.4 is 0 Å². The fraction of sp³-hybridized carbons (Fsp3) is 0.550. The van der Waals surface area contributed by atoms with E-state index in [-0.39, 0.29) is 44.0 Å². The highest BCUT2D eigenvalue weighted by atomic mass is 16.6. The molecule has 0 radical (unpaired) electrons. The van der Waals surface area contributed by atoms with Gasteiger partial charge in [0.25, 0.3) is 0 Å². The van der Waals surface area contributed by atoms with Crippen LogP contribution in [0.2, 0.25) is 0 Å². The molecule has 0 rings (SSSR count). The molecule has 368 valence electrons. The fourth-order valence-electron chi connectivity index (χ4n) is 6.40. The number of esters is 3. The first-order chi connectivity index (χ1) is 32.5. The van der Waals surface area contributed by atoms with Gasteiger partial charge in [-0.05, 0) is 83.5 Å². The van der Waals surface area contributed by atoms with Gasteiger partial charge in [-0.15, -0.1) is 0 Å². The Hall–Kier alpha value is -4.71. The van der Waals surface area contributed by atoms with Gasteiger partial charge in [-0.25, -0.2) is 0 Å². The van der Waals surface area contributed by atoms with E-state index in [4.69, 9.17) is 14.2 Å². The molecular weight excluding hydrogens is 817 g/mol. The van der Waals surface area contributed by atoms with Crippen molar-refractivity contribution in [2.45, 2.75) is 200 Å². The van der Waals surface area contributed by atoms with Crippen LogP contribution in [0.5, 0.6) is 0 Å². The quantitative estimate of drug-likeness (QED) is 0.0262. The third-order valence-corrected chi connectivity index (χ3v) is 10.3. The summed E-state index contributed by atoms with van der Waals surface area (Å²) in [7, 11) is 0. The standard InChI is InChI=1S/C60H92O6/c1-4-7-10-13-16-19-22-24-26-28-30-32-33-35-38-41-44-47-50-53-59(62)65-56-57(55-64-58(61)52-49-46-43-40-37-21-18-15-12-9-6-3)66-60(63)54-51-48-45-42-39-36-34-31-29-27-25-23-20-17-14-11-8-5-2/h7,10,13,15-16,18-19,21-35,37-38,57H,4-6,8-9,11-12,14,17,20,36,39-56H2,1-3H3/b10-7-,16-13-,18-15-,22-19-,25-23-,26-24-,29-27-,30-28+,33-32-,34-31-,37-21-,38-35-. The molecule has 0 aliphatic carbocycles. The zero-order chi connectivity index (χ0) is 47.9. The van der Waals surface area contributed by atoms with Crippen LogP contribution >= 0.6 is 0 Å². The van der Waals surface area contributed by atoms with E-state index in [0.717, 1.165) is 103 Å². The monoisotopic (exact) mass is 909 g/mol. The van der Waals surface area contributed by atoms with Crippen molar-refractivity contribution >= 4 is 17.9 Å². The molecule has 0 spiro atoms. The fourth-order valence-corrected chi connectivity index (χ4v) is 6.40. The summed E-state index contributed by atoms with van der Waals surface area (Å²) in [6.07, 6.45) is 75.4. The van der Waals surface area contributed by atoms with E-state index in [1.807, 2.05) is 72.9 Å². The highest BCUT2D eigenvalue weighted by Gasteiger charge is 2.19. The molecule has 1 atom stereocenters. The SMILES string of the molecule is CC\C=C/C=C\C=C/C=C\C=C\C=C/C=C\CCCCCC(=O)OCC(COC(=O)CCCCC/C=C\C=C/CCCC)OC(=O)CCCCCCC\C=C/C=C\C=C/CCCCCCC. The summed E-state index contributed by atoms with van der Waals surface area (Å²) in [4.78, 5) is 38.0. The van der Waals surface area contributed by atoms with Crippen molar-refractivity contribution < 1.29 is 28.6 Å². The van der Waals surface area contributed by atoms with Crippen LogP contribution in [0.1, 0.15) is 194 Å². The summed E-state index contributed by atoms with van der Waals surface area (Å²) >= 11 is 0. The lowest BCUT2D eigenvalue weighted by Gasteiger charge is -2.18. The van der Waals surface area contributed by atoms with E-state index in [2.05, 4.69) is 93.7 Å². The maximum absolute atomic E-state index is 12.8. The molecule has 0 saturated carbocycles. The van der Waals surface area contributed by atoms with Gasteiger partial charge in [-0.1, -0.05) is 237 Å². The maximum Gasteiger partial charge on any atom is 0.306 e. The number of hydrogen-bond acceptors (Lipinski definition) is 6. The first-order valence-corrected chi connectivity index (χ1v) is 26.0. The molecule has 6 nitrogen and oxygen atoms in total. The van der Waals surface area contributed by atoms with Crippen LogP contribution in [0.15, 0.2) is 146 Å². The van der Waals surface area contributed by atoms with Crippen molar-refractivity contribution in [3.63, 3.8) is 0 Å². The minimum absolute atomic E-state index is 0.122. The highest BCUT2D eigenvalue weighted by molar-refractivity contribution is 5.71. The first kappa shape index (κ1) is 61.3. The van der Waals surface area contributed by atoms with Crippen molar-refractivity contribution in [3.8, 4) is 0 Å². The van der Waals surface area contributed by atoms with E-state index in [0.29, 0.717) is 12.8 Å².